The van der Waals surface area contributed by atoms with Gasteiger partial charge >= 0.3 is 12.1 Å². The maximum absolute atomic E-state index is 14.6. The van der Waals surface area contributed by atoms with Gasteiger partial charge < -0.3 is 10.5 Å². The fraction of sp³-hybridized carbons (Fsp3) is 0.312. The van der Waals surface area contributed by atoms with Gasteiger partial charge in [-0.2, -0.15) is 13.2 Å². The van der Waals surface area contributed by atoms with E-state index in [0.29, 0.717) is 18.9 Å². The molecule has 2 aromatic rings. The van der Waals surface area contributed by atoms with Crippen molar-refractivity contribution in [3.8, 4) is 11.3 Å². The van der Waals surface area contributed by atoms with Gasteiger partial charge in [0.25, 0.3) is 0 Å². The number of rotatable bonds is 4. The first-order chi connectivity index (χ1) is 11.7. The van der Waals surface area contributed by atoms with Crippen molar-refractivity contribution >= 4 is 11.7 Å². The van der Waals surface area contributed by atoms with Crippen LogP contribution in [-0.4, -0.2) is 23.0 Å². The highest BCUT2D eigenvalue weighted by Crippen LogP contribution is 2.32. The molecule has 0 aromatic carbocycles. The van der Waals surface area contributed by atoms with E-state index in [1.54, 1.807) is 0 Å². The Kier molecular flexibility index (Phi) is 5.24. The van der Waals surface area contributed by atoms with E-state index in [2.05, 4.69) is 14.7 Å². The minimum absolute atomic E-state index is 0.0367. The number of pyridine rings is 2. The number of nitrogen functional groups attached to an aromatic ring is 1. The predicted octanol–water partition coefficient (Wildman–Crippen LogP) is 3.62. The van der Waals surface area contributed by atoms with E-state index >= 15 is 0 Å². The van der Waals surface area contributed by atoms with Crippen LogP contribution in [0.5, 0.6) is 0 Å². The largest absolute Gasteiger partial charge is 0.464 e. The number of nitrogens with two attached hydrogens (primary N) is 1. The highest BCUT2D eigenvalue weighted by molar-refractivity contribution is 5.91. The molecule has 5 nitrogen and oxygen atoms in total. The van der Waals surface area contributed by atoms with E-state index in [4.69, 9.17) is 5.73 Å². The van der Waals surface area contributed by atoms with E-state index in [0.717, 1.165) is 19.4 Å². The van der Waals surface area contributed by atoms with E-state index in [1.165, 1.54) is 0 Å². The summed E-state index contributed by atoms with van der Waals surface area (Å²) in [6, 6.07) is 1.71. The number of esters is 1. The van der Waals surface area contributed by atoms with Crippen molar-refractivity contribution in [3.63, 3.8) is 0 Å². The molecule has 25 heavy (non-hydrogen) atoms. The fourth-order valence-corrected chi connectivity index (χ4v) is 2.28. The molecule has 0 unspecified atom stereocenters. The Morgan fingerprint density at radius 1 is 1.32 bits per heavy atom. The van der Waals surface area contributed by atoms with Crippen molar-refractivity contribution in [3.05, 3.63) is 41.1 Å². The Balaban J connectivity index is 2.62. The van der Waals surface area contributed by atoms with E-state index in [9.17, 15) is 22.4 Å². The second kappa shape index (κ2) is 7.04. The Hall–Kier alpha value is -2.71. The number of anilines is 1. The number of carbonyl (C=O) groups excluding carboxylic acids is 1. The van der Waals surface area contributed by atoms with Gasteiger partial charge in [0, 0.05) is 17.3 Å². The van der Waals surface area contributed by atoms with Gasteiger partial charge in [-0.15, -0.1) is 0 Å². The molecule has 0 aliphatic carbocycles. The number of hydrogen-bond donors (Lipinski definition) is 1. The zero-order valence-corrected chi connectivity index (χ0v) is 13.4. The Bertz CT molecular complexity index is 789. The van der Waals surface area contributed by atoms with Crippen molar-refractivity contribution in [2.45, 2.75) is 25.9 Å². The molecule has 134 valence electrons. The molecule has 2 heterocycles. The smallest absolute Gasteiger partial charge is 0.433 e. The number of nitrogens with zero attached hydrogens (tertiary/aromatic N) is 2. The molecule has 0 aliphatic heterocycles. The third-order valence-electron chi connectivity index (χ3n) is 3.49. The molecule has 0 fully saturated rings. The lowest BCUT2D eigenvalue weighted by molar-refractivity contribution is -0.141. The van der Waals surface area contributed by atoms with Gasteiger partial charge in [0.2, 0.25) is 0 Å². The van der Waals surface area contributed by atoms with Crippen LogP contribution >= 0.6 is 0 Å². The van der Waals surface area contributed by atoms with Crippen LogP contribution in [0.2, 0.25) is 0 Å². The molecule has 0 saturated heterocycles. The first kappa shape index (κ1) is 18.6. The van der Waals surface area contributed by atoms with Gasteiger partial charge in [0.1, 0.15) is 11.4 Å². The minimum Gasteiger partial charge on any atom is -0.464 e. The number of methoxy groups -OCH3 is 1. The van der Waals surface area contributed by atoms with Crippen molar-refractivity contribution in [2.75, 3.05) is 12.8 Å². The standard InChI is InChI=1S/C16H15F4N3O2/c1-3-4-9-12(21)11(17)13(23-14(9)15(24)25-2)8-5-6-10(22-7-8)16(18,19)20/h5-7H,3-4H2,1-2H3,(H2,21,23). The molecule has 0 atom stereocenters. The highest BCUT2D eigenvalue weighted by atomic mass is 19.4. The number of ether oxygens (including phenoxy) is 1. The topological polar surface area (TPSA) is 78.1 Å². The first-order valence-electron chi connectivity index (χ1n) is 7.30. The fourth-order valence-electron chi connectivity index (χ4n) is 2.28. The van der Waals surface area contributed by atoms with Crippen LogP contribution in [0.1, 0.15) is 35.1 Å². The molecule has 2 N–H and O–H groups in total. The van der Waals surface area contributed by atoms with Gasteiger partial charge in [-0.3, -0.25) is 4.98 Å². The average Bonchev–Trinajstić information content (AvgIpc) is 2.58. The van der Waals surface area contributed by atoms with Gasteiger partial charge in [0.15, 0.2) is 11.5 Å². The summed E-state index contributed by atoms with van der Waals surface area (Å²) in [5, 5.41) is 0. The lowest BCUT2D eigenvalue weighted by Crippen LogP contribution is -2.14. The van der Waals surface area contributed by atoms with Crippen LogP contribution in [0.4, 0.5) is 23.2 Å². The number of hydrogen-bond acceptors (Lipinski definition) is 5. The maximum atomic E-state index is 14.6. The molecule has 0 spiro atoms. The zero-order valence-electron chi connectivity index (χ0n) is 13.4. The molecule has 0 amide bonds. The molecule has 2 rings (SSSR count). The maximum Gasteiger partial charge on any atom is 0.433 e. The average molecular weight is 357 g/mol. The van der Waals surface area contributed by atoms with Gasteiger partial charge in [-0.25, -0.2) is 14.2 Å². The summed E-state index contributed by atoms with van der Waals surface area (Å²) in [7, 11) is 1.14. The van der Waals surface area contributed by atoms with Crippen molar-refractivity contribution in [1.82, 2.24) is 9.97 Å². The lowest BCUT2D eigenvalue weighted by Gasteiger charge is -2.14. The van der Waals surface area contributed by atoms with Crippen LogP contribution in [0.25, 0.3) is 11.3 Å². The van der Waals surface area contributed by atoms with Crippen LogP contribution in [0, 0.1) is 5.82 Å². The van der Waals surface area contributed by atoms with Gasteiger partial charge in [0.05, 0.1) is 12.8 Å². The summed E-state index contributed by atoms with van der Waals surface area (Å²) in [6.07, 6.45) is -2.91. The van der Waals surface area contributed by atoms with Crippen molar-refractivity contribution < 1.29 is 27.1 Å². The third-order valence-corrected chi connectivity index (χ3v) is 3.49. The Morgan fingerprint density at radius 2 is 2.00 bits per heavy atom. The summed E-state index contributed by atoms with van der Waals surface area (Å²) >= 11 is 0. The molecule has 0 radical (unpaired) electrons. The third kappa shape index (κ3) is 3.70. The Labute approximate surface area is 140 Å². The van der Waals surface area contributed by atoms with E-state index < -0.39 is 23.7 Å². The summed E-state index contributed by atoms with van der Waals surface area (Å²) in [4.78, 5) is 19.1. The number of carbonyl (C=O) groups is 1. The molecule has 0 bridgehead atoms. The summed E-state index contributed by atoms with van der Waals surface area (Å²) < 4.78 is 56.9. The first-order valence-corrected chi connectivity index (χ1v) is 7.30. The molecule has 2 aromatic heterocycles. The highest BCUT2D eigenvalue weighted by Gasteiger charge is 2.32. The van der Waals surface area contributed by atoms with Gasteiger partial charge in [-0.05, 0) is 18.6 Å². The van der Waals surface area contributed by atoms with E-state index in [1.807, 2.05) is 6.92 Å². The molecule has 0 saturated carbocycles. The van der Waals surface area contributed by atoms with E-state index in [-0.39, 0.29) is 28.2 Å². The predicted molar refractivity (Wildman–Crippen MR) is 82.2 cm³/mol. The lowest BCUT2D eigenvalue weighted by atomic mass is 10.0. The van der Waals surface area contributed by atoms with Crippen LogP contribution in [0.15, 0.2) is 18.3 Å². The van der Waals surface area contributed by atoms with Crippen LogP contribution in [-0.2, 0) is 17.3 Å². The van der Waals surface area contributed by atoms with Crippen LogP contribution in [0.3, 0.4) is 0 Å². The number of halogens is 4. The zero-order chi connectivity index (χ0) is 18.8. The van der Waals surface area contributed by atoms with Gasteiger partial charge in [-0.1, -0.05) is 13.3 Å². The molecular formula is C16H15F4N3O2. The normalized spacial score (nSPS) is 11.4. The number of aromatic nitrogens is 2. The molecule has 9 heteroatoms. The number of alkyl halides is 3. The summed E-state index contributed by atoms with van der Waals surface area (Å²) in [6.45, 7) is 1.81. The molecule has 0 aliphatic rings. The van der Waals surface area contributed by atoms with Crippen molar-refractivity contribution in [1.29, 1.82) is 0 Å². The van der Waals surface area contributed by atoms with Crippen LogP contribution < -0.4 is 5.73 Å². The minimum atomic E-state index is -4.62. The van der Waals surface area contributed by atoms with Crippen molar-refractivity contribution in [2.24, 2.45) is 0 Å². The second-order valence-electron chi connectivity index (χ2n) is 5.19. The summed E-state index contributed by atoms with van der Waals surface area (Å²) in [5.41, 5.74) is 4.00. The Morgan fingerprint density at radius 3 is 2.48 bits per heavy atom. The monoisotopic (exact) mass is 357 g/mol. The second-order valence-corrected chi connectivity index (χ2v) is 5.19. The quantitative estimate of drug-likeness (QED) is 0.668. The SMILES string of the molecule is CCCc1c(C(=O)OC)nc(-c2ccc(C(F)(F)F)nc2)c(F)c1N. The summed E-state index contributed by atoms with van der Waals surface area (Å²) in [5.74, 6) is -1.73. The molecular weight excluding hydrogens is 342 g/mol.